The summed E-state index contributed by atoms with van der Waals surface area (Å²) < 4.78 is 10.9. The Morgan fingerprint density at radius 2 is 1.75 bits per heavy atom. The number of rotatable bonds is 5. The lowest BCUT2D eigenvalue weighted by Crippen LogP contribution is -2.37. The molecular formula is C26H29NO5. The Morgan fingerprint density at radius 1 is 1.03 bits per heavy atom. The van der Waals surface area contributed by atoms with Crippen LogP contribution in [0.3, 0.4) is 0 Å². The molecule has 32 heavy (non-hydrogen) atoms. The first kappa shape index (κ1) is 21.9. The summed E-state index contributed by atoms with van der Waals surface area (Å²) in [7, 11) is 3.11. The first-order valence-corrected chi connectivity index (χ1v) is 11.0. The minimum atomic E-state index is -0.682. The Bertz CT molecular complexity index is 1100. The van der Waals surface area contributed by atoms with Crippen LogP contribution in [-0.2, 0) is 9.59 Å². The number of aliphatic hydroxyl groups excluding tert-OH is 1. The van der Waals surface area contributed by atoms with Crippen molar-refractivity contribution in [3.63, 3.8) is 0 Å². The highest BCUT2D eigenvalue weighted by Crippen LogP contribution is 2.45. The summed E-state index contributed by atoms with van der Waals surface area (Å²) in [6, 6.07) is 10.4. The van der Waals surface area contributed by atoms with Crippen molar-refractivity contribution in [3.8, 4) is 11.5 Å². The minimum Gasteiger partial charge on any atom is -0.507 e. The van der Waals surface area contributed by atoms with Gasteiger partial charge in [0.1, 0.15) is 17.3 Å². The van der Waals surface area contributed by atoms with Crippen molar-refractivity contribution >= 4 is 17.4 Å². The lowest BCUT2D eigenvalue weighted by Gasteiger charge is -2.31. The van der Waals surface area contributed by atoms with Crippen LogP contribution in [0.15, 0.2) is 42.0 Å². The zero-order valence-corrected chi connectivity index (χ0v) is 19.0. The summed E-state index contributed by atoms with van der Waals surface area (Å²) in [6.07, 6.45) is 3.73. The number of amides is 1. The van der Waals surface area contributed by atoms with Crippen LogP contribution in [0.2, 0.25) is 0 Å². The van der Waals surface area contributed by atoms with Gasteiger partial charge in [-0.1, -0.05) is 31.0 Å². The third-order valence-corrected chi connectivity index (χ3v) is 6.49. The summed E-state index contributed by atoms with van der Waals surface area (Å²) in [5.74, 6) is -0.314. The first-order valence-electron chi connectivity index (χ1n) is 11.0. The molecule has 0 spiro atoms. The molecule has 0 aromatic heterocycles. The van der Waals surface area contributed by atoms with E-state index in [0.29, 0.717) is 17.1 Å². The van der Waals surface area contributed by atoms with E-state index < -0.39 is 17.7 Å². The molecule has 1 saturated carbocycles. The first-order chi connectivity index (χ1) is 15.4. The Kier molecular flexibility index (Phi) is 5.96. The third kappa shape index (κ3) is 3.64. The highest BCUT2D eigenvalue weighted by atomic mass is 16.5. The van der Waals surface area contributed by atoms with E-state index >= 15 is 0 Å². The molecule has 1 atom stereocenters. The highest BCUT2D eigenvalue weighted by molar-refractivity contribution is 6.46. The number of benzene rings is 2. The second-order valence-corrected chi connectivity index (χ2v) is 8.58. The number of likely N-dealkylation sites (tertiary alicyclic amines) is 1. The summed E-state index contributed by atoms with van der Waals surface area (Å²) >= 11 is 0. The quantitative estimate of drug-likeness (QED) is 0.419. The van der Waals surface area contributed by atoms with Gasteiger partial charge in [0.25, 0.3) is 11.7 Å². The van der Waals surface area contributed by atoms with Crippen LogP contribution in [0.5, 0.6) is 11.5 Å². The predicted octanol–water partition coefficient (Wildman–Crippen LogP) is 4.68. The monoisotopic (exact) mass is 435 g/mol. The van der Waals surface area contributed by atoms with Gasteiger partial charge in [-0.15, -0.1) is 0 Å². The van der Waals surface area contributed by atoms with Crippen LogP contribution in [-0.4, -0.2) is 42.0 Å². The number of hydrogen-bond acceptors (Lipinski definition) is 5. The Morgan fingerprint density at radius 3 is 2.41 bits per heavy atom. The molecular weight excluding hydrogens is 406 g/mol. The standard InChI is InChI=1S/C26H29NO5/c1-15-12-16(2)25(32-4)20(13-15)23(28)21-22(17-8-7-11-19(14-17)31-3)27(26(30)24(21)29)18-9-5-6-10-18/h7-8,11-14,18,22,28H,5-6,9-10H2,1-4H3/b23-21+. The van der Waals surface area contributed by atoms with E-state index in [-0.39, 0.29) is 17.4 Å². The van der Waals surface area contributed by atoms with Crippen LogP contribution in [0.4, 0.5) is 0 Å². The van der Waals surface area contributed by atoms with Crippen LogP contribution in [0.25, 0.3) is 5.76 Å². The third-order valence-electron chi connectivity index (χ3n) is 6.49. The van der Waals surface area contributed by atoms with E-state index in [1.807, 2.05) is 44.2 Å². The second kappa shape index (κ2) is 8.69. The summed E-state index contributed by atoms with van der Waals surface area (Å²) in [6.45, 7) is 3.80. The topological polar surface area (TPSA) is 76.1 Å². The minimum absolute atomic E-state index is 0.0332. The molecule has 168 valence electrons. The van der Waals surface area contributed by atoms with Gasteiger partial charge >= 0.3 is 0 Å². The highest BCUT2D eigenvalue weighted by Gasteiger charge is 2.49. The SMILES string of the molecule is COc1cccc(C2/C(=C(\O)c3cc(C)cc(C)c3OC)C(=O)C(=O)N2C2CCCC2)c1. The van der Waals surface area contributed by atoms with Gasteiger partial charge in [-0.05, 0) is 61.6 Å². The fourth-order valence-corrected chi connectivity index (χ4v) is 5.09. The lowest BCUT2D eigenvalue weighted by atomic mass is 9.93. The average Bonchev–Trinajstić information content (AvgIpc) is 3.39. The Balaban J connectivity index is 1.96. The fourth-order valence-electron chi connectivity index (χ4n) is 5.09. The molecule has 1 aliphatic carbocycles. The molecule has 4 rings (SSSR count). The number of carbonyl (C=O) groups excluding carboxylic acids is 2. The zero-order valence-electron chi connectivity index (χ0n) is 19.0. The van der Waals surface area contributed by atoms with Crippen molar-refractivity contribution in [1.29, 1.82) is 0 Å². The van der Waals surface area contributed by atoms with Gasteiger partial charge in [-0.25, -0.2) is 0 Å². The van der Waals surface area contributed by atoms with Crippen LogP contribution in [0, 0.1) is 13.8 Å². The van der Waals surface area contributed by atoms with E-state index in [0.717, 1.165) is 42.4 Å². The number of nitrogens with zero attached hydrogens (tertiary/aromatic N) is 1. The fraction of sp³-hybridized carbons (Fsp3) is 0.385. The van der Waals surface area contributed by atoms with Gasteiger partial charge < -0.3 is 19.5 Å². The number of aryl methyl sites for hydroxylation is 2. The molecule has 6 heteroatoms. The number of carbonyl (C=O) groups is 2. The molecule has 1 saturated heterocycles. The summed E-state index contributed by atoms with van der Waals surface area (Å²) in [4.78, 5) is 28.2. The Labute approximate surface area is 188 Å². The van der Waals surface area contributed by atoms with Gasteiger partial charge in [0.05, 0.1) is 31.4 Å². The zero-order chi connectivity index (χ0) is 23.0. The summed E-state index contributed by atoms with van der Waals surface area (Å²) in [5.41, 5.74) is 3.02. The maximum absolute atomic E-state index is 13.3. The largest absolute Gasteiger partial charge is 0.507 e. The number of Topliss-reactive ketones (excluding diaryl/α,β-unsaturated/α-hetero) is 1. The number of methoxy groups -OCH3 is 2. The van der Waals surface area contributed by atoms with Crippen LogP contribution in [0.1, 0.15) is 54.0 Å². The van der Waals surface area contributed by atoms with Gasteiger partial charge in [-0.3, -0.25) is 9.59 Å². The van der Waals surface area contributed by atoms with Crippen molar-refractivity contribution in [2.75, 3.05) is 14.2 Å². The second-order valence-electron chi connectivity index (χ2n) is 8.58. The smallest absolute Gasteiger partial charge is 0.295 e. The normalized spacial score (nSPS) is 20.8. The van der Waals surface area contributed by atoms with Crippen molar-refractivity contribution < 1.29 is 24.2 Å². The predicted molar refractivity (Wildman–Crippen MR) is 122 cm³/mol. The average molecular weight is 436 g/mol. The summed E-state index contributed by atoms with van der Waals surface area (Å²) in [5, 5.41) is 11.5. The van der Waals surface area contributed by atoms with Crippen molar-refractivity contribution in [3.05, 3.63) is 64.2 Å². The molecule has 2 aliphatic rings. The van der Waals surface area contributed by atoms with Crippen LogP contribution >= 0.6 is 0 Å². The van der Waals surface area contributed by atoms with Crippen LogP contribution < -0.4 is 9.47 Å². The molecule has 6 nitrogen and oxygen atoms in total. The molecule has 1 unspecified atom stereocenters. The van der Waals surface area contributed by atoms with E-state index in [2.05, 4.69) is 0 Å². The maximum Gasteiger partial charge on any atom is 0.295 e. The molecule has 0 bridgehead atoms. The van der Waals surface area contributed by atoms with Gasteiger partial charge in [0.15, 0.2) is 0 Å². The van der Waals surface area contributed by atoms with Gasteiger partial charge in [0, 0.05) is 6.04 Å². The van der Waals surface area contributed by atoms with E-state index in [1.54, 1.807) is 18.1 Å². The molecule has 1 heterocycles. The lowest BCUT2D eigenvalue weighted by molar-refractivity contribution is -0.141. The number of ketones is 1. The Hall–Kier alpha value is -3.28. The van der Waals surface area contributed by atoms with Crippen molar-refractivity contribution in [2.45, 2.75) is 51.6 Å². The van der Waals surface area contributed by atoms with Gasteiger partial charge in [-0.2, -0.15) is 0 Å². The molecule has 2 fully saturated rings. The van der Waals surface area contributed by atoms with E-state index in [9.17, 15) is 14.7 Å². The molecule has 1 amide bonds. The number of hydrogen-bond donors (Lipinski definition) is 1. The maximum atomic E-state index is 13.3. The molecule has 0 radical (unpaired) electrons. The van der Waals surface area contributed by atoms with Crippen molar-refractivity contribution in [1.82, 2.24) is 4.90 Å². The van der Waals surface area contributed by atoms with Gasteiger partial charge in [0.2, 0.25) is 0 Å². The molecule has 1 aliphatic heterocycles. The number of ether oxygens (including phenoxy) is 2. The van der Waals surface area contributed by atoms with Crippen molar-refractivity contribution in [2.24, 2.45) is 0 Å². The molecule has 1 N–H and O–H groups in total. The van der Waals surface area contributed by atoms with E-state index in [1.165, 1.54) is 7.11 Å². The molecule has 2 aromatic carbocycles. The number of aliphatic hydroxyl groups is 1. The molecule has 2 aromatic rings. The van der Waals surface area contributed by atoms with E-state index in [4.69, 9.17) is 9.47 Å².